The third-order valence-electron chi connectivity index (χ3n) is 9.40. The Balaban J connectivity index is 3.43. The summed E-state index contributed by atoms with van der Waals surface area (Å²) in [4.78, 5) is 0. The first-order valence-electron chi connectivity index (χ1n) is 20.6. The van der Waals surface area contributed by atoms with Gasteiger partial charge in [-0.05, 0) is 19.3 Å². The van der Waals surface area contributed by atoms with Gasteiger partial charge in [0.2, 0.25) is 0 Å². The number of nitrogens with zero attached hydrogens (tertiary/aromatic N) is 1. The van der Waals surface area contributed by atoms with Gasteiger partial charge in [-0.3, -0.25) is 0 Å². The van der Waals surface area contributed by atoms with Crippen molar-refractivity contribution in [3.8, 4) is 0 Å². The quantitative estimate of drug-likeness (QED) is 0.0537. The third-order valence-corrected chi connectivity index (χ3v) is 9.40. The van der Waals surface area contributed by atoms with E-state index in [1.165, 1.54) is 218 Å². The summed E-state index contributed by atoms with van der Waals surface area (Å²) in [6.45, 7) is 10.3. The second-order valence-electron chi connectivity index (χ2n) is 13.9. The second kappa shape index (κ2) is 39.9. The van der Waals surface area contributed by atoms with E-state index >= 15 is 0 Å². The average molecular weight is 608 g/mol. The van der Waals surface area contributed by atoms with E-state index in [0.29, 0.717) is 0 Å². The lowest BCUT2D eigenvalue weighted by Crippen LogP contribution is -2.49. The van der Waals surface area contributed by atoms with E-state index in [0.717, 1.165) is 19.6 Å². The van der Waals surface area contributed by atoms with Crippen LogP contribution in [0.4, 0.5) is 0 Å². The summed E-state index contributed by atoms with van der Waals surface area (Å²) in [5, 5.41) is 2.31. The highest BCUT2D eigenvalue weighted by Crippen LogP contribution is 2.15. The fourth-order valence-corrected chi connectivity index (χ4v) is 6.30. The molecule has 0 heterocycles. The van der Waals surface area contributed by atoms with Crippen LogP contribution in [0.2, 0.25) is 0 Å². The topological polar surface area (TPSA) is 27.3 Å². The van der Waals surface area contributed by atoms with E-state index in [4.69, 9.17) is 0 Å². The molecule has 0 unspecified atom stereocenters. The zero-order valence-corrected chi connectivity index (χ0v) is 30.6. The highest BCUT2D eigenvalue weighted by atomic mass is 15.7. The van der Waals surface area contributed by atoms with Gasteiger partial charge in [-0.2, -0.15) is 5.12 Å². The summed E-state index contributed by atoms with van der Waals surface area (Å²) in [6.07, 6.45) is 48.6. The summed E-state index contributed by atoms with van der Waals surface area (Å²) in [5.74, 6) is 0. The number of hydrazine groups is 2. The first-order chi connectivity index (χ1) is 21.3. The largest absolute Gasteiger partial charge is 0.242 e. The molecule has 0 atom stereocenters. The summed E-state index contributed by atoms with van der Waals surface area (Å²) in [7, 11) is 0. The van der Waals surface area contributed by atoms with Crippen molar-refractivity contribution in [1.29, 1.82) is 0 Å². The Morgan fingerprint density at radius 1 is 0.256 bits per heavy atom. The predicted molar refractivity (Wildman–Crippen MR) is 197 cm³/mol. The molecule has 0 bridgehead atoms. The summed E-state index contributed by atoms with van der Waals surface area (Å²) >= 11 is 0. The maximum absolute atomic E-state index is 3.68. The molecule has 0 aliphatic rings. The molecule has 43 heavy (non-hydrogen) atoms. The SMILES string of the molecule is CCCCCCCCCCCCCCCCCCNN(CCCC)NCCCCCCCCCCCCCCCCCC. The van der Waals surface area contributed by atoms with Crippen molar-refractivity contribution in [1.82, 2.24) is 16.0 Å². The predicted octanol–water partition coefficient (Wildman–Crippen LogP) is 13.6. The Kier molecular flexibility index (Phi) is 39.8. The Morgan fingerprint density at radius 2 is 0.465 bits per heavy atom. The minimum atomic E-state index is 1.12. The molecule has 0 amide bonds. The standard InChI is InChI=1S/C40H85N3/c1-4-7-10-12-14-16-18-20-22-24-26-28-30-32-34-36-38-41-43(40-9-6-3)42-39-37-35-33-31-29-27-25-23-21-19-17-15-13-11-8-5-2/h41-42H,4-40H2,1-3H3. The van der Waals surface area contributed by atoms with E-state index in [2.05, 4.69) is 36.7 Å². The van der Waals surface area contributed by atoms with E-state index in [9.17, 15) is 0 Å². The van der Waals surface area contributed by atoms with Crippen LogP contribution in [0.5, 0.6) is 0 Å². The molecule has 0 saturated carbocycles. The average Bonchev–Trinajstić information content (AvgIpc) is 3.02. The molecule has 0 aliphatic heterocycles. The molecule has 3 heteroatoms. The minimum Gasteiger partial charge on any atom is -0.242 e. The van der Waals surface area contributed by atoms with Gasteiger partial charge in [-0.1, -0.05) is 220 Å². The second-order valence-corrected chi connectivity index (χ2v) is 13.9. The Hall–Kier alpha value is -0.120. The van der Waals surface area contributed by atoms with Gasteiger partial charge < -0.3 is 0 Å². The normalized spacial score (nSPS) is 11.7. The van der Waals surface area contributed by atoms with Gasteiger partial charge in [-0.25, -0.2) is 10.9 Å². The van der Waals surface area contributed by atoms with Gasteiger partial charge >= 0.3 is 0 Å². The third kappa shape index (κ3) is 38.0. The van der Waals surface area contributed by atoms with Crippen LogP contribution >= 0.6 is 0 Å². The summed E-state index contributed by atoms with van der Waals surface area (Å²) in [6, 6.07) is 0. The molecule has 0 aromatic carbocycles. The summed E-state index contributed by atoms with van der Waals surface area (Å²) in [5.41, 5.74) is 7.36. The van der Waals surface area contributed by atoms with E-state index in [1.54, 1.807) is 0 Å². The molecule has 2 N–H and O–H groups in total. The molecule has 0 fully saturated rings. The van der Waals surface area contributed by atoms with Gasteiger partial charge in [-0.15, -0.1) is 0 Å². The number of nitrogens with one attached hydrogen (secondary N) is 2. The van der Waals surface area contributed by atoms with Crippen LogP contribution in [0, 0.1) is 0 Å². The molecule has 260 valence electrons. The van der Waals surface area contributed by atoms with Crippen molar-refractivity contribution in [2.45, 2.75) is 239 Å². The highest BCUT2D eigenvalue weighted by molar-refractivity contribution is 4.54. The smallest absolute Gasteiger partial charge is 0.0288 e. The van der Waals surface area contributed by atoms with Crippen molar-refractivity contribution in [3.63, 3.8) is 0 Å². The van der Waals surface area contributed by atoms with Crippen molar-refractivity contribution in [3.05, 3.63) is 0 Å². The van der Waals surface area contributed by atoms with Crippen molar-refractivity contribution >= 4 is 0 Å². The lowest BCUT2D eigenvalue weighted by atomic mass is 10.0. The van der Waals surface area contributed by atoms with Crippen LogP contribution in [0.15, 0.2) is 0 Å². The zero-order chi connectivity index (χ0) is 31.2. The number of unbranched alkanes of at least 4 members (excludes halogenated alkanes) is 31. The Labute approximate surface area is 274 Å². The van der Waals surface area contributed by atoms with Gasteiger partial charge in [0, 0.05) is 19.6 Å². The molecule has 3 nitrogen and oxygen atoms in total. The van der Waals surface area contributed by atoms with Crippen LogP contribution in [0.25, 0.3) is 0 Å². The monoisotopic (exact) mass is 608 g/mol. The lowest BCUT2D eigenvalue weighted by Gasteiger charge is -2.24. The van der Waals surface area contributed by atoms with Gasteiger partial charge in [0.1, 0.15) is 0 Å². The number of hydrogen-bond donors (Lipinski definition) is 2. The molecule has 0 spiro atoms. The van der Waals surface area contributed by atoms with Gasteiger partial charge in [0.15, 0.2) is 0 Å². The molecule has 0 aromatic rings. The van der Waals surface area contributed by atoms with Gasteiger partial charge in [0.05, 0.1) is 0 Å². The summed E-state index contributed by atoms with van der Waals surface area (Å²) < 4.78 is 0. The van der Waals surface area contributed by atoms with Gasteiger partial charge in [0.25, 0.3) is 0 Å². The maximum Gasteiger partial charge on any atom is 0.0288 e. The zero-order valence-electron chi connectivity index (χ0n) is 30.6. The van der Waals surface area contributed by atoms with Crippen molar-refractivity contribution < 1.29 is 0 Å². The first-order valence-corrected chi connectivity index (χ1v) is 20.6. The molecular formula is C40H85N3. The number of hydrogen-bond acceptors (Lipinski definition) is 3. The fraction of sp³-hybridized carbons (Fsp3) is 1.00. The van der Waals surface area contributed by atoms with Crippen LogP contribution in [0.3, 0.4) is 0 Å². The number of rotatable bonds is 39. The fourth-order valence-electron chi connectivity index (χ4n) is 6.30. The first kappa shape index (κ1) is 42.9. The Bertz CT molecular complexity index is 431. The van der Waals surface area contributed by atoms with Crippen LogP contribution in [-0.2, 0) is 0 Å². The van der Waals surface area contributed by atoms with E-state index < -0.39 is 0 Å². The van der Waals surface area contributed by atoms with E-state index in [1.807, 2.05) is 0 Å². The minimum absolute atomic E-state index is 1.12. The Morgan fingerprint density at radius 3 is 0.698 bits per heavy atom. The highest BCUT2D eigenvalue weighted by Gasteiger charge is 2.03. The molecule has 0 saturated heterocycles. The van der Waals surface area contributed by atoms with Crippen LogP contribution < -0.4 is 10.9 Å². The lowest BCUT2D eigenvalue weighted by molar-refractivity contribution is 0.109. The molecule has 0 radical (unpaired) electrons. The van der Waals surface area contributed by atoms with Crippen molar-refractivity contribution in [2.24, 2.45) is 0 Å². The maximum atomic E-state index is 3.68. The molecule has 0 aliphatic carbocycles. The molecular weight excluding hydrogens is 522 g/mol. The van der Waals surface area contributed by atoms with Crippen LogP contribution in [-0.4, -0.2) is 24.8 Å². The molecule has 0 aromatic heterocycles. The molecule has 0 rings (SSSR count). The van der Waals surface area contributed by atoms with E-state index in [-0.39, 0.29) is 0 Å². The van der Waals surface area contributed by atoms with Crippen LogP contribution in [0.1, 0.15) is 239 Å². The van der Waals surface area contributed by atoms with Crippen molar-refractivity contribution in [2.75, 3.05) is 19.6 Å².